The topological polar surface area (TPSA) is 53.7 Å². The molecule has 3 aromatic rings. The number of piperazine rings is 1. The normalized spacial score (nSPS) is 14.8. The van der Waals surface area contributed by atoms with Crippen molar-refractivity contribution in [3.63, 3.8) is 0 Å². The van der Waals surface area contributed by atoms with Gasteiger partial charge in [0, 0.05) is 38.6 Å². The molecule has 1 amide bonds. The number of fused-ring (bicyclic) bond motifs is 1. The van der Waals surface area contributed by atoms with E-state index in [1.807, 2.05) is 40.5 Å². The van der Waals surface area contributed by atoms with Crippen molar-refractivity contribution < 1.29 is 4.79 Å². The Kier molecular flexibility index (Phi) is 4.51. The molecule has 4 rings (SSSR count). The van der Waals surface area contributed by atoms with Crippen LogP contribution in [0.1, 0.15) is 23.1 Å². The highest BCUT2D eigenvalue weighted by Gasteiger charge is 2.27. The third-order valence-corrected chi connectivity index (χ3v) is 4.96. The second-order valence-corrected chi connectivity index (χ2v) is 6.74. The van der Waals surface area contributed by atoms with Gasteiger partial charge in [0.1, 0.15) is 17.2 Å². The van der Waals surface area contributed by atoms with E-state index in [4.69, 9.17) is 11.6 Å². The second-order valence-electron chi connectivity index (χ2n) is 6.30. The van der Waals surface area contributed by atoms with Gasteiger partial charge in [-0.15, -0.1) is 0 Å². The summed E-state index contributed by atoms with van der Waals surface area (Å²) >= 11 is 6.13. The Labute approximate surface area is 157 Å². The smallest absolute Gasteiger partial charge is 0.272 e. The van der Waals surface area contributed by atoms with Crippen molar-refractivity contribution in [3.8, 4) is 0 Å². The van der Waals surface area contributed by atoms with Gasteiger partial charge in [0.25, 0.3) is 5.91 Å². The molecule has 26 heavy (non-hydrogen) atoms. The lowest BCUT2D eigenvalue weighted by Gasteiger charge is -2.35. The Morgan fingerprint density at radius 1 is 1.15 bits per heavy atom. The van der Waals surface area contributed by atoms with E-state index in [-0.39, 0.29) is 5.91 Å². The fraction of sp³-hybridized carbons (Fsp3) is 0.316. The van der Waals surface area contributed by atoms with Gasteiger partial charge >= 0.3 is 0 Å². The molecule has 1 aliphatic rings. The second kappa shape index (κ2) is 6.96. The van der Waals surface area contributed by atoms with Crippen molar-refractivity contribution >= 4 is 29.0 Å². The van der Waals surface area contributed by atoms with Gasteiger partial charge in [-0.3, -0.25) is 9.20 Å². The highest BCUT2D eigenvalue weighted by molar-refractivity contribution is 6.30. The first-order valence-corrected chi connectivity index (χ1v) is 9.17. The SMILES string of the molecule is CCc1nc2ccc(Cl)cn2c1C(=O)N1CCN(c2ccccn2)CC1. The molecule has 1 saturated heterocycles. The van der Waals surface area contributed by atoms with Crippen LogP contribution in [0.2, 0.25) is 5.02 Å². The molecule has 134 valence electrons. The first-order valence-electron chi connectivity index (χ1n) is 8.79. The summed E-state index contributed by atoms with van der Waals surface area (Å²) in [5.74, 6) is 0.965. The number of carbonyl (C=O) groups excluding carboxylic acids is 1. The first-order chi connectivity index (χ1) is 12.7. The maximum atomic E-state index is 13.2. The van der Waals surface area contributed by atoms with Crippen LogP contribution in [0.3, 0.4) is 0 Å². The largest absolute Gasteiger partial charge is 0.353 e. The van der Waals surface area contributed by atoms with Gasteiger partial charge < -0.3 is 9.80 Å². The summed E-state index contributed by atoms with van der Waals surface area (Å²) in [5, 5.41) is 0.589. The van der Waals surface area contributed by atoms with E-state index in [0.29, 0.717) is 30.2 Å². The van der Waals surface area contributed by atoms with Gasteiger partial charge in [-0.25, -0.2) is 9.97 Å². The lowest BCUT2D eigenvalue weighted by atomic mass is 10.2. The maximum absolute atomic E-state index is 13.2. The van der Waals surface area contributed by atoms with Crippen LogP contribution in [0.5, 0.6) is 0 Å². The van der Waals surface area contributed by atoms with Crippen LogP contribution in [0.15, 0.2) is 42.7 Å². The Hall–Kier alpha value is -2.60. The lowest BCUT2D eigenvalue weighted by molar-refractivity contribution is 0.0738. The molecule has 0 unspecified atom stereocenters. The number of aryl methyl sites for hydroxylation is 1. The average molecular weight is 370 g/mol. The van der Waals surface area contributed by atoms with E-state index in [0.717, 1.165) is 30.2 Å². The number of rotatable bonds is 3. The number of nitrogens with zero attached hydrogens (tertiary/aromatic N) is 5. The number of imidazole rings is 1. The van der Waals surface area contributed by atoms with E-state index in [9.17, 15) is 4.79 Å². The summed E-state index contributed by atoms with van der Waals surface area (Å²) in [6.45, 7) is 4.86. The highest BCUT2D eigenvalue weighted by Crippen LogP contribution is 2.20. The summed E-state index contributed by atoms with van der Waals surface area (Å²) in [5.41, 5.74) is 2.18. The Morgan fingerprint density at radius 2 is 1.96 bits per heavy atom. The van der Waals surface area contributed by atoms with Gasteiger partial charge in [0.15, 0.2) is 0 Å². The molecule has 1 aliphatic heterocycles. The first kappa shape index (κ1) is 16.8. The van der Waals surface area contributed by atoms with Gasteiger partial charge in [-0.1, -0.05) is 24.6 Å². The highest BCUT2D eigenvalue weighted by atomic mass is 35.5. The predicted octanol–water partition coefficient (Wildman–Crippen LogP) is 2.91. The third-order valence-electron chi connectivity index (χ3n) is 4.73. The van der Waals surface area contributed by atoms with Crippen molar-refractivity contribution in [1.82, 2.24) is 19.3 Å². The lowest BCUT2D eigenvalue weighted by Crippen LogP contribution is -2.49. The molecule has 7 heteroatoms. The fourth-order valence-corrected chi connectivity index (χ4v) is 3.53. The van der Waals surface area contributed by atoms with Crippen LogP contribution < -0.4 is 4.90 Å². The standard InChI is InChI=1S/C19H20ClN5O/c1-2-15-18(25-13-14(20)6-7-17(25)22-15)19(26)24-11-9-23(10-12-24)16-5-3-4-8-21-16/h3-8,13H,2,9-12H2,1H3. The summed E-state index contributed by atoms with van der Waals surface area (Å²) < 4.78 is 1.81. The molecular formula is C19H20ClN5O. The molecule has 4 heterocycles. The van der Waals surface area contributed by atoms with Gasteiger partial charge in [-0.05, 0) is 30.7 Å². The number of carbonyl (C=O) groups is 1. The zero-order valence-corrected chi connectivity index (χ0v) is 15.4. The van der Waals surface area contributed by atoms with Crippen molar-refractivity contribution in [2.75, 3.05) is 31.1 Å². The van der Waals surface area contributed by atoms with E-state index in [1.165, 1.54) is 0 Å². The van der Waals surface area contributed by atoms with Crippen LogP contribution >= 0.6 is 11.6 Å². The molecule has 0 bridgehead atoms. The molecule has 1 fully saturated rings. The summed E-state index contributed by atoms with van der Waals surface area (Å²) in [7, 11) is 0. The predicted molar refractivity (Wildman–Crippen MR) is 102 cm³/mol. The number of pyridine rings is 2. The molecule has 0 radical (unpaired) electrons. The van der Waals surface area contributed by atoms with Crippen molar-refractivity contribution in [1.29, 1.82) is 0 Å². The molecule has 0 aliphatic carbocycles. The molecule has 6 nitrogen and oxygen atoms in total. The quantitative estimate of drug-likeness (QED) is 0.712. The van der Waals surface area contributed by atoms with Crippen LogP contribution in [0, 0.1) is 0 Å². The number of amides is 1. The summed E-state index contributed by atoms with van der Waals surface area (Å²) in [6, 6.07) is 9.53. The van der Waals surface area contributed by atoms with Crippen LogP contribution in [0.4, 0.5) is 5.82 Å². The Morgan fingerprint density at radius 3 is 2.65 bits per heavy atom. The maximum Gasteiger partial charge on any atom is 0.272 e. The number of anilines is 1. The van der Waals surface area contributed by atoms with Gasteiger partial charge in [0.2, 0.25) is 0 Å². The Bertz CT molecular complexity index is 932. The number of hydrogen-bond donors (Lipinski definition) is 0. The zero-order valence-electron chi connectivity index (χ0n) is 14.6. The minimum atomic E-state index is 0.0114. The van der Waals surface area contributed by atoms with E-state index >= 15 is 0 Å². The van der Waals surface area contributed by atoms with E-state index < -0.39 is 0 Å². The summed E-state index contributed by atoms with van der Waals surface area (Å²) in [6.07, 6.45) is 4.26. The molecule has 0 saturated carbocycles. The molecular weight excluding hydrogens is 350 g/mol. The van der Waals surface area contributed by atoms with E-state index in [2.05, 4.69) is 14.9 Å². The molecule has 3 aromatic heterocycles. The average Bonchev–Trinajstić information content (AvgIpc) is 3.06. The molecule has 0 spiro atoms. The molecule has 0 aromatic carbocycles. The van der Waals surface area contributed by atoms with Gasteiger partial charge in [-0.2, -0.15) is 0 Å². The van der Waals surface area contributed by atoms with Crippen LogP contribution in [0.25, 0.3) is 5.65 Å². The van der Waals surface area contributed by atoms with Crippen molar-refractivity contribution in [2.24, 2.45) is 0 Å². The van der Waals surface area contributed by atoms with Crippen molar-refractivity contribution in [2.45, 2.75) is 13.3 Å². The minimum absolute atomic E-state index is 0.0114. The summed E-state index contributed by atoms with van der Waals surface area (Å²) in [4.78, 5) is 26.3. The number of hydrogen-bond acceptors (Lipinski definition) is 4. The van der Waals surface area contributed by atoms with Crippen molar-refractivity contribution in [3.05, 3.63) is 59.1 Å². The minimum Gasteiger partial charge on any atom is -0.353 e. The fourth-order valence-electron chi connectivity index (χ4n) is 3.37. The van der Waals surface area contributed by atoms with Crippen LogP contribution in [-0.2, 0) is 6.42 Å². The molecule has 0 atom stereocenters. The van der Waals surface area contributed by atoms with Gasteiger partial charge in [0.05, 0.1) is 10.7 Å². The number of aromatic nitrogens is 3. The Balaban J connectivity index is 1.57. The third kappa shape index (κ3) is 3.01. The number of halogens is 1. The zero-order chi connectivity index (χ0) is 18.1. The van der Waals surface area contributed by atoms with E-state index in [1.54, 1.807) is 18.5 Å². The molecule has 0 N–H and O–H groups in total. The monoisotopic (exact) mass is 369 g/mol. The van der Waals surface area contributed by atoms with Crippen LogP contribution in [-0.4, -0.2) is 51.4 Å².